The molecule has 0 amide bonds. The van der Waals surface area contributed by atoms with Crippen molar-refractivity contribution in [3.8, 4) is 0 Å². The highest BCUT2D eigenvalue weighted by Gasteiger charge is 2.36. The van der Waals surface area contributed by atoms with Crippen LogP contribution >= 0.6 is 12.6 Å². The molecule has 0 aliphatic rings. The first-order chi connectivity index (χ1) is 5.77. The van der Waals surface area contributed by atoms with E-state index in [-0.39, 0.29) is 5.41 Å². The second-order valence-electron chi connectivity index (χ2n) is 4.72. The van der Waals surface area contributed by atoms with Gasteiger partial charge in [-0.1, -0.05) is 20.8 Å². The van der Waals surface area contributed by atoms with Crippen LogP contribution in [0.25, 0.3) is 0 Å². The third kappa shape index (κ3) is 3.59. The van der Waals surface area contributed by atoms with E-state index < -0.39 is 11.4 Å². The topological polar surface area (TPSA) is 37.3 Å². The molecule has 0 fully saturated rings. The summed E-state index contributed by atoms with van der Waals surface area (Å²) in [5.41, 5.74) is -0.613. The summed E-state index contributed by atoms with van der Waals surface area (Å²) in [5.74, 6) is 0.0143. The van der Waals surface area contributed by atoms with Crippen molar-refractivity contribution in [2.45, 2.75) is 40.5 Å². The molecule has 0 spiro atoms. The lowest BCUT2D eigenvalue weighted by atomic mass is 9.73. The summed E-state index contributed by atoms with van der Waals surface area (Å²) in [6, 6.07) is 0. The third-order valence-electron chi connectivity index (χ3n) is 2.59. The summed E-state index contributed by atoms with van der Waals surface area (Å²) in [4.78, 5) is 11.0. The van der Waals surface area contributed by atoms with Gasteiger partial charge in [0.15, 0.2) is 0 Å². The molecule has 0 radical (unpaired) electrons. The van der Waals surface area contributed by atoms with Crippen molar-refractivity contribution in [3.63, 3.8) is 0 Å². The second-order valence-corrected chi connectivity index (χ2v) is 5.03. The zero-order valence-electron chi connectivity index (χ0n) is 8.92. The van der Waals surface area contributed by atoms with Gasteiger partial charge in [0.1, 0.15) is 0 Å². The minimum atomic E-state index is -0.704. The Hall–Kier alpha value is -0.180. The number of aliphatic carboxylic acids is 1. The second kappa shape index (κ2) is 4.36. The SMILES string of the molecule is CCC(C)(CC(C)(C)CS)C(=O)O. The molecule has 2 nitrogen and oxygen atoms in total. The molecule has 0 rings (SSSR count). The maximum atomic E-state index is 11.0. The van der Waals surface area contributed by atoms with E-state index in [1.54, 1.807) is 6.92 Å². The molecule has 0 aliphatic carbocycles. The Morgan fingerprint density at radius 3 is 2.08 bits per heavy atom. The Morgan fingerprint density at radius 2 is 1.85 bits per heavy atom. The van der Waals surface area contributed by atoms with E-state index >= 15 is 0 Å². The standard InChI is InChI=1S/C10H20O2S/c1-5-10(4,8(11)12)6-9(2,3)7-13/h13H,5-7H2,1-4H3,(H,11,12). The predicted molar refractivity (Wildman–Crippen MR) is 58.3 cm³/mol. The number of hydrogen-bond acceptors (Lipinski definition) is 2. The minimum Gasteiger partial charge on any atom is -0.481 e. The monoisotopic (exact) mass is 204 g/mol. The van der Waals surface area contributed by atoms with Crippen LogP contribution in [-0.4, -0.2) is 16.8 Å². The molecule has 0 aromatic rings. The molecule has 0 saturated carbocycles. The summed E-state index contributed by atoms with van der Waals surface area (Å²) >= 11 is 4.23. The van der Waals surface area contributed by atoms with Crippen molar-refractivity contribution >= 4 is 18.6 Å². The highest BCUT2D eigenvalue weighted by atomic mass is 32.1. The fraction of sp³-hybridized carbons (Fsp3) is 0.900. The molecule has 1 unspecified atom stereocenters. The van der Waals surface area contributed by atoms with Crippen molar-refractivity contribution in [1.29, 1.82) is 0 Å². The molecule has 0 saturated heterocycles. The Kier molecular flexibility index (Phi) is 4.30. The Morgan fingerprint density at radius 1 is 1.38 bits per heavy atom. The van der Waals surface area contributed by atoms with E-state index in [1.807, 2.05) is 6.92 Å². The predicted octanol–water partition coefficient (Wildman–Crippen LogP) is 2.83. The zero-order chi connectivity index (χ0) is 10.7. The average Bonchev–Trinajstić information content (AvgIpc) is 2.03. The Labute approximate surface area is 86.1 Å². The van der Waals surface area contributed by atoms with Crippen molar-refractivity contribution in [2.75, 3.05) is 5.75 Å². The van der Waals surface area contributed by atoms with E-state index in [0.29, 0.717) is 12.8 Å². The van der Waals surface area contributed by atoms with Gasteiger partial charge in [0.25, 0.3) is 0 Å². The van der Waals surface area contributed by atoms with Crippen LogP contribution in [0.3, 0.4) is 0 Å². The highest BCUT2D eigenvalue weighted by molar-refractivity contribution is 7.80. The summed E-state index contributed by atoms with van der Waals surface area (Å²) in [7, 11) is 0. The van der Waals surface area contributed by atoms with Gasteiger partial charge in [-0.3, -0.25) is 4.79 Å². The third-order valence-corrected chi connectivity index (χ3v) is 3.45. The van der Waals surface area contributed by atoms with Gasteiger partial charge in [-0.2, -0.15) is 12.6 Å². The van der Waals surface area contributed by atoms with Gasteiger partial charge < -0.3 is 5.11 Å². The number of thiol groups is 1. The summed E-state index contributed by atoms with van der Waals surface area (Å²) in [6.07, 6.45) is 1.34. The highest BCUT2D eigenvalue weighted by Crippen LogP contribution is 2.37. The lowest BCUT2D eigenvalue weighted by Crippen LogP contribution is -2.33. The summed E-state index contributed by atoms with van der Waals surface area (Å²) in [6.45, 7) is 7.83. The van der Waals surface area contributed by atoms with Crippen LogP contribution in [0, 0.1) is 10.8 Å². The van der Waals surface area contributed by atoms with E-state index in [2.05, 4.69) is 26.5 Å². The van der Waals surface area contributed by atoms with Gasteiger partial charge in [-0.05, 0) is 30.9 Å². The van der Waals surface area contributed by atoms with Crippen molar-refractivity contribution in [2.24, 2.45) is 10.8 Å². The van der Waals surface area contributed by atoms with E-state index in [0.717, 1.165) is 5.75 Å². The quantitative estimate of drug-likeness (QED) is 0.676. The number of hydrogen-bond donors (Lipinski definition) is 2. The van der Waals surface area contributed by atoms with Gasteiger partial charge >= 0.3 is 5.97 Å². The molecule has 0 aromatic heterocycles. The number of carbonyl (C=O) groups is 1. The van der Waals surface area contributed by atoms with E-state index in [9.17, 15) is 4.79 Å². The van der Waals surface area contributed by atoms with Gasteiger partial charge in [0.05, 0.1) is 5.41 Å². The molecule has 3 heteroatoms. The van der Waals surface area contributed by atoms with Gasteiger partial charge in [-0.15, -0.1) is 0 Å². The fourth-order valence-electron chi connectivity index (χ4n) is 1.46. The summed E-state index contributed by atoms with van der Waals surface area (Å²) < 4.78 is 0. The van der Waals surface area contributed by atoms with Crippen LogP contribution in [0.5, 0.6) is 0 Å². The smallest absolute Gasteiger partial charge is 0.309 e. The molecule has 78 valence electrons. The molecule has 0 heterocycles. The van der Waals surface area contributed by atoms with E-state index in [4.69, 9.17) is 5.11 Å². The van der Waals surface area contributed by atoms with Crippen molar-refractivity contribution in [1.82, 2.24) is 0 Å². The van der Waals surface area contributed by atoms with Crippen LogP contribution in [0.1, 0.15) is 40.5 Å². The lowest BCUT2D eigenvalue weighted by Gasteiger charge is -2.32. The van der Waals surface area contributed by atoms with Gasteiger partial charge in [0, 0.05) is 0 Å². The first kappa shape index (κ1) is 12.8. The first-order valence-corrected chi connectivity index (χ1v) is 5.25. The van der Waals surface area contributed by atoms with Crippen LogP contribution < -0.4 is 0 Å². The summed E-state index contributed by atoms with van der Waals surface area (Å²) in [5, 5.41) is 9.07. The molecule has 0 aliphatic heterocycles. The largest absolute Gasteiger partial charge is 0.481 e. The molecular weight excluding hydrogens is 184 g/mol. The van der Waals surface area contributed by atoms with Crippen LogP contribution in [0.2, 0.25) is 0 Å². The van der Waals surface area contributed by atoms with Crippen molar-refractivity contribution in [3.05, 3.63) is 0 Å². The van der Waals surface area contributed by atoms with E-state index in [1.165, 1.54) is 0 Å². The maximum absolute atomic E-state index is 11.0. The molecule has 0 bridgehead atoms. The molecule has 0 aromatic carbocycles. The Bertz CT molecular complexity index is 189. The zero-order valence-corrected chi connectivity index (χ0v) is 9.82. The molecule has 1 N–H and O–H groups in total. The van der Waals surface area contributed by atoms with Crippen LogP contribution in [0.15, 0.2) is 0 Å². The van der Waals surface area contributed by atoms with Crippen LogP contribution in [-0.2, 0) is 4.79 Å². The number of carboxylic acids is 1. The number of rotatable bonds is 5. The fourth-order valence-corrected chi connectivity index (χ4v) is 1.58. The minimum absolute atomic E-state index is 0.00768. The number of carboxylic acid groups (broad SMARTS) is 1. The average molecular weight is 204 g/mol. The lowest BCUT2D eigenvalue weighted by molar-refractivity contribution is -0.149. The van der Waals surface area contributed by atoms with Crippen molar-refractivity contribution < 1.29 is 9.90 Å². The van der Waals surface area contributed by atoms with Gasteiger partial charge in [0.2, 0.25) is 0 Å². The van der Waals surface area contributed by atoms with Crippen LogP contribution in [0.4, 0.5) is 0 Å². The molecular formula is C10H20O2S. The first-order valence-electron chi connectivity index (χ1n) is 4.62. The molecule has 1 atom stereocenters. The Balaban J connectivity index is 4.54. The maximum Gasteiger partial charge on any atom is 0.309 e. The molecule has 13 heavy (non-hydrogen) atoms. The van der Waals surface area contributed by atoms with Gasteiger partial charge in [-0.25, -0.2) is 0 Å². The normalized spacial score (nSPS) is 16.7.